The zero-order valence-corrected chi connectivity index (χ0v) is 15.5. The largest absolute Gasteiger partial charge is 0.465 e. The number of pyridine rings is 1. The molecule has 0 saturated carbocycles. The van der Waals surface area contributed by atoms with Crippen molar-refractivity contribution in [2.24, 2.45) is 0 Å². The highest BCUT2D eigenvalue weighted by atomic mass is 32.2. The summed E-state index contributed by atoms with van der Waals surface area (Å²) in [5.41, 5.74) is 4.98. The summed E-state index contributed by atoms with van der Waals surface area (Å²) in [5, 5.41) is 0. The fourth-order valence-corrected chi connectivity index (χ4v) is 3.46. The van der Waals surface area contributed by atoms with Crippen molar-refractivity contribution in [2.45, 2.75) is 6.42 Å². The molecule has 0 atom stereocenters. The number of nitrogens with zero attached hydrogens (tertiary/aromatic N) is 2. The molecular formula is C17H14N4O4S2. The van der Waals surface area contributed by atoms with Crippen LogP contribution in [0.2, 0.25) is 0 Å². The highest BCUT2D eigenvalue weighted by Gasteiger charge is 2.32. The lowest BCUT2D eigenvalue weighted by Gasteiger charge is -2.14. The minimum atomic E-state index is -0.460. The van der Waals surface area contributed by atoms with Crippen LogP contribution < -0.4 is 10.9 Å². The van der Waals surface area contributed by atoms with Gasteiger partial charge in [-0.15, -0.1) is 0 Å². The number of carbonyl (C=O) groups is 3. The standard InChI is InChI=1S/C17H14N4O4S2/c22-14(19-20-15(23)11-3-6-18-7-4-11)5-8-21-16(24)13(27-17(21)26)10-12-2-1-9-25-12/h1-4,6-7,9-10H,5,8H2,(H,19,22)(H,20,23)/b13-10-. The fraction of sp³-hybridized carbons (Fsp3) is 0.118. The molecule has 3 amide bonds. The minimum Gasteiger partial charge on any atom is -0.465 e. The summed E-state index contributed by atoms with van der Waals surface area (Å²) in [6.45, 7) is 0.108. The van der Waals surface area contributed by atoms with Crippen molar-refractivity contribution in [1.82, 2.24) is 20.7 Å². The number of thioether (sulfide) groups is 1. The van der Waals surface area contributed by atoms with E-state index in [0.29, 0.717) is 20.5 Å². The number of furan rings is 1. The molecule has 2 aromatic heterocycles. The molecule has 138 valence electrons. The summed E-state index contributed by atoms with van der Waals surface area (Å²) in [5.74, 6) is -0.638. The molecule has 0 radical (unpaired) electrons. The molecule has 1 aliphatic rings. The third kappa shape index (κ3) is 4.80. The second-order valence-electron chi connectivity index (χ2n) is 5.34. The number of carbonyl (C=O) groups excluding carboxylic acids is 3. The van der Waals surface area contributed by atoms with Crippen molar-refractivity contribution in [3.05, 3.63) is 59.2 Å². The average Bonchev–Trinajstić information content (AvgIpc) is 3.28. The third-order valence-electron chi connectivity index (χ3n) is 3.51. The van der Waals surface area contributed by atoms with Gasteiger partial charge in [-0.05, 0) is 24.3 Å². The zero-order chi connectivity index (χ0) is 19.2. The van der Waals surface area contributed by atoms with Gasteiger partial charge in [0.2, 0.25) is 5.91 Å². The number of hydrogen-bond acceptors (Lipinski definition) is 7. The van der Waals surface area contributed by atoms with E-state index in [1.54, 1.807) is 18.2 Å². The molecule has 3 heterocycles. The molecule has 2 N–H and O–H groups in total. The maximum Gasteiger partial charge on any atom is 0.269 e. The Bertz CT molecular complexity index is 897. The summed E-state index contributed by atoms with van der Waals surface area (Å²) in [6, 6.07) is 6.49. The number of rotatable bonds is 5. The topological polar surface area (TPSA) is 105 Å². The van der Waals surface area contributed by atoms with Crippen LogP contribution in [0.4, 0.5) is 0 Å². The van der Waals surface area contributed by atoms with Crippen molar-refractivity contribution in [1.29, 1.82) is 0 Å². The Morgan fingerprint density at radius 2 is 2.04 bits per heavy atom. The van der Waals surface area contributed by atoms with E-state index >= 15 is 0 Å². The van der Waals surface area contributed by atoms with Crippen LogP contribution in [0.5, 0.6) is 0 Å². The van der Waals surface area contributed by atoms with E-state index in [1.807, 2.05) is 0 Å². The van der Waals surface area contributed by atoms with Crippen LogP contribution in [0.3, 0.4) is 0 Å². The Kier molecular flexibility index (Phi) is 5.99. The van der Waals surface area contributed by atoms with E-state index in [-0.39, 0.29) is 18.9 Å². The van der Waals surface area contributed by atoms with E-state index in [1.165, 1.54) is 35.7 Å². The van der Waals surface area contributed by atoms with Crippen LogP contribution in [0.15, 0.2) is 52.2 Å². The molecule has 0 bridgehead atoms. The van der Waals surface area contributed by atoms with E-state index < -0.39 is 11.8 Å². The molecule has 2 aromatic rings. The first kappa shape index (κ1) is 18.8. The predicted octanol–water partition coefficient (Wildman–Crippen LogP) is 1.73. The van der Waals surface area contributed by atoms with E-state index in [2.05, 4.69) is 15.8 Å². The van der Waals surface area contributed by atoms with E-state index in [4.69, 9.17) is 16.6 Å². The first-order chi connectivity index (χ1) is 13.0. The molecule has 1 aliphatic heterocycles. The molecular weight excluding hydrogens is 388 g/mol. The number of hydrazine groups is 1. The molecule has 0 spiro atoms. The number of nitrogens with one attached hydrogen (secondary N) is 2. The molecule has 10 heteroatoms. The van der Waals surface area contributed by atoms with Crippen LogP contribution in [-0.4, -0.2) is 38.5 Å². The summed E-state index contributed by atoms with van der Waals surface area (Å²) in [4.78, 5) is 41.8. The number of hydrogen-bond donors (Lipinski definition) is 2. The Morgan fingerprint density at radius 1 is 1.26 bits per heavy atom. The second kappa shape index (κ2) is 8.60. The predicted molar refractivity (Wildman–Crippen MR) is 103 cm³/mol. The quantitative estimate of drug-likeness (QED) is 0.446. The van der Waals surface area contributed by atoms with Gasteiger partial charge in [0.1, 0.15) is 10.1 Å². The third-order valence-corrected chi connectivity index (χ3v) is 4.89. The number of thiocarbonyl (C=S) groups is 1. The highest BCUT2D eigenvalue weighted by molar-refractivity contribution is 8.26. The van der Waals surface area contributed by atoms with Gasteiger partial charge in [-0.1, -0.05) is 24.0 Å². The van der Waals surface area contributed by atoms with Crippen LogP contribution >= 0.6 is 24.0 Å². The fourth-order valence-electron chi connectivity index (χ4n) is 2.17. The normalized spacial score (nSPS) is 15.3. The maximum absolute atomic E-state index is 12.4. The van der Waals surface area contributed by atoms with Gasteiger partial charge in [-0.25, -0.2) is 0 Å². The highest BCUT2D eigenvalue weighted by Crippen LogP contribution is 2.32. The lowest BCUT2D eigenvalue weighted by Crippen LogP contribution is -2.43. The SMILES string of the molecule is O=C(CCN1C(=O)/C(=C/c2ccco2)SC1=S)NNC(=O)c1ccncc1. The molecule has 0 unspecified atom stereocenters. The van der Waals surface area contributed by atoms with Gasteiger partial charge in [-0.3, -0.25) is 35.1 Å². The van der Waals surface area contributed by atoms with Gasteiger partial charge < -0.3 is 4.42 Å². The van der Waals surface area contributed by atoms with Gasteiger partial charge in [0.25, 0.3) is 11.8 Å². The number of amides is 3. The second-order valence-corrected chi connectivity index (χ2v) is 7.01. The van der Waals surface area contributed by atoms with Gasteiger partial charge in [0.15, 0.2) is 0 Å². The monoisotopic (exact) mass is 402 g/mol. The Hall–Kier alpha value is -2.98. The first-order valence-corrected chi connectivity index (χ1v) is 9.05. The summed E-state index contributed by atoms with van der Waals surface area (Å²) < 4.78 is 5.56. The maximum atomic E-state index is 12.4. The Balaban J connectivity index is 1.49. The minimum absolute atomic E-state index is 0.0168. The molecule has 8 nitrogen and oxygen atoms in total. The first-order valence-electron chi connectivity index (χ1n) is 7.82. The van der Waals surface area contributed by atoms with E-state index in [0.717, 1.165) is 11.8 Å². The zero-order valence-electron chi connectivity index (χ0n) is 13.9. The average molecular weight is 402 g/mol. The summed E-state index contributed by atoms with van der Waals surface area (Å²) >= 11 is 6.35. The van der Waals surface area contributed by atoms with Crippen molar-refractivity contribution in [3.8, 4) is 0 Å². The summed E-state index contributed by atoms with van der Waals surface area (Å²) in [7, 11) is 0. The smallest absolute Gasteiger partial charge is 0.269 e. The van der Waals surface area contributed by atoms with Crippen molar-refractivity contribution < 1.29 is 18.8 Å². The molecule has 0 aliphatic carbocycles. The van der Waals surface area contributed by atoms with Gasteiger partial charge in [0.05, 0.1) is 11.2 Å². The summed E-state index contributed by atoms with van der Waals surface area (Å²) in [6.07, 6.45) is 6.05. The van der Waals surface area contributed by atoms with Crippen LogP contribution in [-0.2, 0) is 9.59 Å². The van der Waals surface area contributed by atoms with Crippen LogP contribution in [0, 0.1) is 0 Å². The van der Waals surface area contributed by atoms with Gasteiger partial charge in [0, 0.05) is 37.0 Å². The van der Waals surface area contributed by atoms with Gasteiger partial charge >= 0.3 is 0 Å². The molecule has 1 fully saturated rings. The molecule has 3 rings (SSSR count). The van der Waals surface area contributed by atoms with E-state index in [9.17, 15) is 14.4 Å². The molecule has 1 saturated heterocycles. The van der Waals surface area contributed by atoms with Crippen LogP contribution in [0.1, 0.15) is 22.5 Å². The van der Waals surface area contributed by atoms with Gasteiger partial charge in [-0.2, -0.15) is 0 Å². The lowest BCUT2D eigenvalue weighted by molar-refractivity contribution is -0.124. The molecule has 0 aromatic carbocycles. The Labute approximate surface area is 164 Å². The van der Waals surface area contributed by atoms with Crippen molar-refractivity contribution in [3.63, 3.8) is 0 Å². The Morgan fingerprint density at radius 3 is 2.74 bits per heavy atom. The van der Waals surface area contributed by atoms with Crippen molar-refractivity contribution in [2.75, 3.05) is 6.54 Å². The van der Waals surface area contributed by atoms with Crippen LogP contribution in [0.25, 0.3) is 6.08 Å². The van der Waals surface area contributed by atoms with Crippen molar-refractivity contribution >= 4 is 52.1 Å². The molecule has 27 heavy (non-hydrogen) atoms. The number of aromatic nitrogens is 1. The lowest BCUT2D eigenvalue weighted by atomic mass is 10.2.